The summed E-state index contributed by atoms with van der Waals surface area (Å²) in [7, 11) is 3.56. The average molecular weight is 314 g/mol. The van der Waals surface area contributed by atoms with E-state index in [0.29, 0.717) is 5.71 Å². The van der Waals surface area contributed by atoms with Crippen LogP contribution in [-0.4, -0.2) is 29.4 Å². The van der Waals surface area contributed by atoms with Gasteiger partial charge in [-0.25, -0.2) is 4.98 Å². The molecule has 23 heavy (non-hydrogen) atoms. The van der Waals surface area contributed by atoms with E-state index in [-0.39, 0.29) is 0 Å². The van der Waals surface area contributed by atoms with Gasteiger partial charge in [0.05, 0.1) is 12.8 Å². The summed E-state index contributed by atoms with van der Waals surface area (Å²) >= 11 is 0. The van der Waals surface area contributed by atoms with E-state index < -0.39 is 0 Å². The predicted molar refractivity (Wildman–Crippen MR) is 95.0 cm³/mol. The molecule has 0 aliphatic carbocycles. The zero-order valence-corrected chi connectivity index (χ0v) is 14.4. The highest BCUT2D eigenvalue weighted by atomic mass is 16.5. The molecule has 5 heteroatoms. The quantitative estimate of drug-likeness (QED) is 0.730. The van der Waals surface area contributed by atoms with Crippen LogP contribution in [0.1, 0.15) is 43.8 Å². The van der Waals surface area contributed by atoms with Gasteiger partial charge in [-0.2, -0.15) is 0 Å². The van der Waals surface area contributed by atoms with Gasteiger partial charge in [-0.1, -0.05) is 25.5 Å². The predicted octanol–water partition coefficient (Wildman–Crippen LogP) is 3.71. The van der Waals surface area contributed by atoms with Gasteiger partial charge in [0, 0.05) is 20.0 Å². The first-order valence-corrected chi connectivity index (χ1v) is 8.06. The summed E-state index contributed by atoms with van der Waals surface area (Å²) < 4.78 is 7.42. The number of hydrogen-bond acceptors (Lipinski definition) is 4. The molecule has 0 amide bonds. The van der Waals surface area contributed by atoms with E-state index in [0.717, 1.165) is 48.9 Å². The monoisotopic (exact) mass is 314 g/mol. The molecule has 0 aliphatic rings. The van der Waals surface area contributed by atoms with Gasteiger partial charge < -0.3 is 20.0 Å². The fourth-order valence-corrected chi connectivity index (χ4v) is 2.63. The lowest BCUT2D eigenvalue weighted by Crippen LogP contribution is -2.09. The van der Waals surface area contributed by atoms with Crippen molar-refractivity contribution in [2.24, 2.45) is 0 Å². The van der Waals surface area contributed by atoms with Crippen LogP contribution in [0.5, 0.6) is 5.75 Å². The van der Waals surface area contributed by atoms with Gasteiger partial charge in [-0.3, -0.25) is 0 Å². The van der Waals surface area contributed by atoms with Crippen molar-refractivity contribution >= 4 is 11.5 Å². The number of nitrogens with zero attached hydrogens (tertiary/aromatic N) is 2. The van der Waals surface area contributed by atoms with E-state index >= 15 is 0 Å². The highest BCUT2D eigenvalue weighted by Gasteiger charge is 2.17. The number of imidazole rings is 1. The Labute approximate surface area is 138 Å². The van der Waals surface area contributed by atoms with Crippen LogP contribution in [0.4, 0.5) is 5.82 Å². The minimum atomic E-state index is 0.487. The van der Waals surface area contributed by atoms with Crippen LogP contribution in [0.25, 0.3) is 0 Å². The maximum atomic E-state index is 7.97. The highest BCUT2D eigenvalue weighted by Crippen LogP contribution is 2.22. The SMILES string of the molecule is CCCCn1c(Cc2ccc(OC)cc2)nc(C(C)=N)c1NC. The van der Waals surface area contributed by atoms with Gasteiger partial charge in [-0.05, 0) is 31.0 Å². The first-order chi connectivity index (χ1) is 11.1. The number of unbranched alkanes of at least 4 members (excludes halogenated alkanes) is 1. The van der Waals surface area contributed by atoms with Crippen molar-refractivity contribution in [3.63, 3.8) is 0 Å². The van der Waals surface area contributed by atoms with Crippen molar-refractivity contribution in [2.75, 3.05) is 19.5 Å². The molecule has 124 valence electrons. The zero-order chi connectivity index (χ0) is 16.8. The molecule has 0 fully saturated rings. The minimum Gasteiger partial charge on any atom is -0.497 e. The van der Waals surface area contributed by atoms with E-state index in [4.69, 9.17) is 15.1 Å². The molecule has 0 saturated heterocycles. The van der Waals surface area contributed by atoms with E-state index in [2.05, 4.69) is 28.9 Å². The molecular formula is C18H26N4O. The van der Waals surface area contributed by atoms with Crippen LogP contribution in [0.2, 0.25) is 0 Å². The topological polar surface area (TPSA) is 62.9 Å². The first-order valence-electron chi connectivity index (χ1n) is 8.06. The molecular weight excluding hydrogens is 288 g/mol. The summed E-state index contributed by atoms with van der Waals surface area (Å²) in [5.74, 6) is 2.79. The van der Waals surface area contributed by atoms with E-state index in [1.807, 2.05) is 19.2 Å². The molecule has 0 saturated carbocycles. The number of methoxy groups -OCH3 is 1. The summed E-state index contributed by atoms with van der Waals surface area (Å²) in [6.45, 7) is 4.88. The number of rotatable bonds is 8. The fraction of sp³-hybridized carbons (Fsp3) is 0.444. The molecule has 1 aromatic carbocycles. The van der Waals surface area contributed by atoms with Crippen molar-refractivity contribution in [3.8, 4) is 5.75 Å². The Hall–Kier alpha value is -2.30. The van der Waals surface area contributed by atoms with E-state index in [1.54, 1.807) is 14.0 Å². The van der Waals surface area contributed by atoms with Gasteiger partial charge in [0.25, 0.3) is 0 Å². The van der Waals surface area contributed by atoms with Crippen molar-refractivity contribution in [3.05, 3.63) is 41.3 Å². The largest absolute Gasteiger partial charge is 0.497 e. The molecule has 5 nitrogen and oxygen atoms in total. The summed E-state index contributed by atoms with van der Waals surface area (Å²) in [4.78, 5) is 4.72. The minimum absolute atomic E-state index is 0.487. The van der Waals surface area contributed by atoms with Crippen molar-refractivity contribution in [2.45, 2.75) is 39.7 Å². The molecule has 2 N–H and O–H groups in total. The van der Waals surface area contributed by atoms with Gasteiger partial charge >= 0.3 is 0 Å². The van der Waals surface area contributed by atoms with Gasteiger partial charge in [-0.15, -0.1) is 0 Å². The van der Waals surface area contributed by atoms with Crippen molar-refractivity contribution < 1.29 is 4.74 Å². The molecule has 0 spiro atoms. The number of benzene rings is 1. The molecule has 0 aliphatic heterocycles. The second-order valence-corrected chi connectivity index (χ2v) is 5.63. The van der Waals surface area contributed by atoms with E-state index in [9.17, 15) is 0 Å². The van der Waals surface area contributed by atoms with Gasteiger partial charge in [0.1, 0.15) is 23.1 Å². The lowest BCUT2D eigenvalue weighted by atomic mass is 10.1. The Morgan fingerprint density at radius 1 is 1.30 bits per heavy atom. The average Bonchev–Trinajstić information content (AvgIpc) is 2.91. The van der Waals surface area contributed by atoms with Crippen LogP contribution in [0.3, 0.4) is 0 Å². The Morgan fingerprint density at radius 3 is 2.52 bits per heavy atom. The third kappa shape index (κ3) is 3.92. The Morgan fingerprint density at radius 2 is 2.00 bits per heavy atom. The smallest absolute Gasteiger partial charge is 0.135 e. The number of ether oxygens (including phenoxy) is 1. The number of aromatic nitrogens is 2. The second kappa shape index (κ2) is 7.81. The summed E-state index contributed by atoms with van der Waals surface area (Å²) in [5.41, 5.74) is 2.41. The van der Waals surface area contributed by atoms with Gasteiger partial charge in [0.2, 0.25) is 0 Å². The second-order valence-electron chi connectivity index (χ2n) is 5.63. The lowest BCUT2D eigenvalue weighted by Gasteiger charge is -2.12. The maximum Gasteiger partial charge on any atom is 0.135 e. The molecule has 2 rings (SSSR count). The van der Waals surface area contributed by atoms with Crippen molar-refractivity contribution in [1.82, 2.24) is 9.55 Å². The number of nitrogens with one attached hydrogen (secondary N) is 2. The molecule has 0 radical (unpaired) electrons. The summed E-state index contributed by atoms with van der Waals surface area (Å²) in [6.07, 6.45) is 2.97. The zero-order valence-electron chi connectivity index (χ0n) is 14.4. The molecule has 2 aromatic rings. The van der Waals surface area contributed by atoms with Crippen LogP contribution in [-0.2, 0) is 13.0 Å². The third-order valence-corrected chi connectivity index (χ3v) is 3.90. The van der Waals surface area contributed by atoms with Crippen molar-refractivity contribution in [1.29, 1.82) is 5.41 Å². The Bertz CT molecular complexity index is 658. The summed E-state index contributed by atoms with van der Waals surface area (Å²) in [6, 6.07) is 8.06. The number of hydrogen-bond donors (Lipinski definition) is 2. The summed E-state index contributed by atoms with van der Waals surface area (Å²) in [5, 5.41) is 11.2. The third-order valence-electron chi connectivity index (χ3n) is 3.90. The Balaban J connectivity index is 2.36. The first kappa shape index (κ1) is 17.1. The van der Waals surface area contributed by atoms with Crippen LogP contribution >= 0.6 is 0 Å². The van der Waals surface area contributed by atoms with Crippen LogP contribution in [0.15, 0.2) is 24.3 Å². The Kier molecular flexibility index (Phi) is 5.79. The maximum absolute atomic E-state index is 7.97. The lowest BCUT2D eigenvalue weighted by molar-refractivity contribution is 0.414. The molecule has 0 unspecified atom stereocenters. The molecule has 1 aromatic heterocycles. The van der Waals surface area contributed by atoms with Crippen LogP contribution in [0, 0.1) is 5.41 Å². The standard InChI is InChI=1S/C18H26N4O/c1-5-6-11-22-16(21-17(13(2)19)18(22)20-3)12-14-7-9-15(23-4)10-8-14/h7-10,19-20H,5-6,11-12H2,1-4H3. The molecule has 1 heterocycles. The highest BCUT2D eigenvalue weighted by molar-refractivity contribution is 5.99. The van der Waals surface area contributed by atoms with Crippen LogP contribution < -0.4 is 10.1 Å². The van der Waals surface area contributed by atoms with Gasteiger partial charge in [0.15, 0.2) is 0 Å². The van der Waals surface area contributed by atoms with E-state index in [1.165, 1.54) is 5.56 Å². The molecule has 0 atom stereocenters. The number of anilines is 1. The molecule has 0 bridgehead atoms. The normalized spacial score (nSPS) is 10.6. The fourth-order valence-electron chi connectivity index (χ4n) is 2.63.